The number of unbranched alkanes of at least 4 members (excludes halogenated alkanes) is 2. The normalized spacial score (nSPS) is 19.6. The van der Waals surface area contributed by atoms with Crippen LogP contribution in [-0.2, 0) is 109 Å². The third-order valence-corrected chi connectivity index (χ3v) is 28.8. The van der Waals surface area contributed by atoms with E-state index in [9.17, 15) is 72.0 Å². The van der Waals surface area contributed by atoms with Crippen LogP contribution in [0.15, 0.2) is 35.6 Å². The van der Waals surface area contributed by atoms with Gasteiger partial charge in [-0.15, -0.1) is 0 Å². The fourth-order valence-electron chi connectivity index (χ4n) is 18.4. The quantitative estimate of drug-likeness (QED) is 0.00775. The molecule has 0 aliphatic heterocycles. The summed E-state index contributed by atoms with van der Waals surface area (Å²) in [5, 5.41) is 30.1. The third-order valence-electron chi connectivity index (χ3n) is 26.0. The second-order valence-corrected chi connectivity index (χ2v) is 40.7. The van der Waals surface area contributed by atoms with E-state index in [0.717, 1.165) is 145 Å². The maximum Gasteiger partial charge on any atom is 0.337 e. The summed E-state index contributed by atoms with van der Waals surface area (Å²) in [6.45, 7) is 23.8. The van der Waals surface area contributed by atoms with Gasteiger partial charge in [-0.2, -0.15) is 0 Å². The molecular formula is C102H173Br2O26P. The number of hydrogen-bond acceptors (Lipinski definition) is 26. The van der Waals surface area contributed by atoms with Crippen molar-refractivity contribution in [2.45, 2.75) is 397 Å². The third kappa shape index (κ3) is 54.7. The van der Waals surface area contributed by atoms with E-state index in [-0.39, 0.29) is 95.9 Å². The molecule has 0 aromatic carbocycles. The number of allylic oxidation sites excluding steroid dienone is 4. The Hall–Kier alpha value is -5.80. The Morgan fingerprint density at radius 3 is 1.17 bits per heavy atom. The summed E-state index contributed by atoms with van der Waals surface area (Å²) < 4.78 is 54.9. The van der Waals surface area contributed by atoms with E-state index in [1.54, 1.807) is 75.3 Å². The van der Waals surface area contributed by atoms with E-state index < -0.39 is 48.0 Å². The second-order valence-electron chi connectivity index (χ2n) is 36.5. The number of aliphatic hydroxyl groups excluding tert-OH is 3. The highest BCUT2D eigenvalue weighted by atomic mass is 79.9. The molecule has 1 unspecified atom stereocenters. The van der Waals surface area contributed by atoms with Gasteiger partial charge in [0.1, 0.15) is 42.5 Å². The monoisotopic (exact) mass is 2000 g/mol. The highest BCUT2D eigenvalue weighted by molar-refractivity contribution is 9.09. The summed E-state index contributed by atoms with van der Waals surface area (Å²) in [7, 11) is -2.75. The van der Waals surface area contributed by atoms with E-state index in [0.29, 0.717) is 95.1 Å². The molecule has 0 aromatic rings. The number of carbonyl (C=O) groups excluding carboxylic acids is 13. The molecule has 0 radical (unpaired) electrons. The van der Waals surface area contributed by atoms with Crippen LogP contribution < -0.4 is 0 Å². The largest absolute Gasteiger partial charge is 0.512 e. The lowest BCUT2D eigenvalue weighted by atomic mass is 9.65. The molecule has 9 rings (SSSR count). The summed E-state index contributed by atoms with van der Waals surface area (Å²) in [5.74, 6) is -1.99. The average molecular weight is 2010 g/mol. The first kappa shape index (κ1) is 125. The van der Waals surface area contributed by atoms with Crippen molar-refractivity contribution >= 4 is 117 Å². The van der Waals surface area contributed by atoms with Gasteiger partial charge < -0.3 is 72.1 Å². The predicted molar refractivity (Wildman–Crippen MR) is 519 cm³/mol. The molecule has 26 nitrogen and oxygen atoms in total. The van der Waals surface area contributed by atoms with E-state index in [1.165, 1.54) is 173 Å². The zero-order valence-corrected chi connectivity index (χ0v) is 86.7. The van der Waals surface area contributed by atoms with Crippen molar-refractivity contribution in [2.24, 2.45) is 37.9 Å². The van der Waals surface area contributed by atoms with Crippen molar-refractivity contribution in [3.8, 4) is 0 Å². The molecule has 3 N–H and O–H groups in total. The first-order valence-corrected chi connectivity index (χ1v) is 54.2. The molecule has 0 amide bonds. The van der Waals surface area contributed by atoms with Gasteiger partial charge in [0.15, 0.2) is 11.2 Å². The first-order valence-electron chi connectivity index (χ1n) is 49.7. The van der Waals surface area contributed by atoms with Gasteiger partial charge in [-0.25, -0.2) is 9.59 Å². The number of halogens is 2. The van der Waals surface area contributed by atoms with Crippen LogP contribution in [0.1, 0.15) is 397 Å². The Morgan fingerprint density at radius 1 is 0.405 bits per heavy atom. The van der Waals surface area contributed by atoms with Crippen LogP contribution in [-0.4, -0.2) is 189 Å². The number of rotatable bonds is 35. The number of aldehydes is 2. The number of hydrogen-bond donors (Lipinski definition) is 3. The molecule has 9 aliphatic carbocycles. The van der Waals surface area contributed by atoms with Crippen molar-refractivity contribution in [3.63, 3.8) is 0 Å². The van der Waals surface area contributed by atoms with Crippen molar-refractivity contribution in [2.75, 3.05) is 96.2 Å². The van der Waals surface area contributed by atoms with Gasteiger partial charge in [-0.3, -0.25) is 42.9 Å². The smallest absolute Gasteiger partial charge is 0.337 e. The molecule has 9 aliphatic rings. The number of ether oxygens (including phenoxy) is 8. The summed E-state index contributed by atoms with van der Waals surface area (Å²) >= 11 is 6.73. The lowest BCUT2D eigenvalue weighted by Gasteiger charge is -2.40. The highest BCUT2D eigenvalue weighted by Gasteiger charge is 2.49. The molecule has 1 atom stereocenters. The zero-order valence-electron chi connectivity index (χ0n) is 82.7. The molecular weight excluding hydrogens is 1830 g/mol. The minimum absolute atomic E-state index is 0.0458. The summed E-state index contributed by atoms with van der Waals surface area (Å²) in [5.41, 5.74) is -0.243. The molecule has 8 saturated carbocycles. The Bertz CT molecular complexity index is 3310. The number of carbonyl (C=O) groups is 13. The van der Waals surface area contributed by atoms with E-state index in [1.807, 2.05) is 19.1 Å². The van der Waals surface area contributed by atoms with Gasteiger partial charge in [-0.05, 0) is 240 Å². The molecule has 8 fully saturated rings. The SMILES string of the molecule is BrCCCCCBr.CCOC(=O)/C=C/C1(/C=C/C(C)=O)CCCCC1.CCOC(=O)C1(C(=O)OCC)CCCCC1.CCOC(=O)C1=C(O)CCC2(CCCCC2)C1.CCOC(=O)CC(=O)OCC.CCOC(=O)CCC1(CCC(C)=O)CCCCC1.CCOC(=O)CP(C)(=O)OCC.O=C1CCC2(CCCCC2)CC1.O=CC1(C=O)CCCCC1.OCC1(CO)CCCCC1. The maximum atomic E-state index is 11.9. The molecule has 0 aromatic heterocycles. The standard InChI is InChI=1S/C15H26O3.C15H22O3.C14H22O3.C12H20O4.C11H18O.C8H16O2.C8H12O2.C7H15O4P.C7H12O4.C5H10Br2/c2*1-3-18-14(17)8-12-15(11-7-13(2)16)9-5-4-6-10-15;1-2-17-13(16)11-10-14(9-6-12(11)15)7-4-3-5-8-14;1-3-15-10(13)12(11(14)16-4-2)8-6-5-7-9-12;12-10-4-8-11(9-5-10)6-2-1-3-7-11;2*9-6-8(7-10)4-2-1-3-5-8;1-4-10-7(8)6-12(3,9)11-5-2;1-3-10-6(8)5-7(9)11-4-2;6-4-2-1-3-5-7/h3-12H2,1-2H3;7-8,11-12H,3-6,9-10H2,1-2H3;15H,2-10H2,1H3;3-9H2,1-2H3;1-9H2;9-10H,1-7H2;6-7H,1-5H2;4-6H2,1-3H3;3-5H2,1-2H3;1-5H2/b;11-7+,12-8+;;;;;;;;. The summed E-state index contributed by atoms with van der Waals surface area (Å²) in [6.07, 6.45) is 60.9. The highest BCUT2D eigenvalue weighted by Crippen LogP contribution is 2.51. The van der Waals surface area contributed by atoms with Gasteiger partial charge in [-0.1, -0.05) is 185 Å². The minimum atomic E-state index is -2.75. The van der Waals surface area contributed by atoms with Crippen LogP contribution >= 0.6 is 39.2 Å². The van der Waals surface area contributed by atoms with Crippen LogP contribution in [0, 0.1) is 37.9 Å². The number of aliphatic hydroxyl groups is 3. The summed E-state index contributed by atoms with van der Waals surface area (Å²) in [4.78, 5) is 145. The molecule has 2 spiro atoms. The van der Waals surface area contributed by atoms with Gasteiger partial charge >= 0.3 is 47.8 Å². The molecule has 0 heterocycles. The Balaban J connectivity index is 0.00000145. The molecule has 0 bridgehead atoms. The molecule has 131 heavy (non-hydrogen) atoms. The second kappa shape index (κ2) is 73.5. The number of esters is 8. The van der Waals surface area contributed by atoms with E-state index >= 15 is 0 Å². The predicted octanol–water partition coefficient (Wildman–Crippen LogP) is 22.7. The number of Topliss-reactive ketones (excluding diaryl/α,β-unsaturated/α-hetero) is 2. The summed E-state index contributed by atoms with van der Waals surface area (Å²) in [6, 6.07) is 0. The lowest BCUT2D eigenvalue weighted by molar-refractivity contribution is -0.175. The Morgan fingerprint density at radius 2 is 0.779 bits per heavy atom. The van der Waals surface area contributed by atoms with Crippen LogP contribution in [0.25, 0.3) is 0 Å². The van der Waals surface area contributed by atoms with Gasteiger partial charge in [0.2, 0.25) is 7.37 Å². The van der Waals surface area contributed by atoms with Crippen LogP contribution in [0.2, 0.25) is 0 Å². The fourth-order valence-corrected chi connectivity index (χ4v) is 20.4. The Labute approximate surface area is 803 Å². The van der Waals surface area contributed by atoms with Crippen LogP contribution in [0.5, 0.6) is 0 Å². The first-order chi connectivity index (χ1) is 62.6. The van der Waals surface area contributed by atoms with Gasteiger partial charge in [0, 0.05) is 66.3 Å². The molecule has 0 saturated heterocycles. The number of ketones is 3. The van der Waals surface area contributed by atoms with Crippen LogP contribution in [0.3, 0.4) is 0 Å². The maximum absolute atomic E-state index is 11.9. The Kier molecular flexibility index (Phi) is 70.2. The van der Waals surface area contributed by atoms with Crippen molar-refractivity contribution < 1.29 is 125 Å². The van der Waals surface area contributed by atoms with Crippen LogP contribution in [0.4, 0.5) is 0 Å². The van der Waals surface area contributed by atoms with Crippen molar-refractivity contribution in [1.82, 2.24) is 0 Å². The minimum Gasteiger partial charge on any atom is -0.512 e. The van der Waals surface area contributed by atoms with Crippen molar-refractivity contribution in [1.29, 1.82) is 0 Å². The fraction of sp³-hybridized carbons (Fsp3) is 0.814. The van der Waals surface area contributed by atoms with E-state index in [2.05, 4.69) is 46.1 Å². The molecule has 29 heteroatoms. The van der Waals surface area contributed by atoms with Gasteiger partial charge in [0.05, 0.1) is 83.7 Å². The van der Waals surface area contributed by atoms with E-state index in [4.69, 9.17) is 38.4 Å². The topological polar surface area (TPSA) is 383 Å². The lowest BCUT2D eigenvalue weighted by Crippen LogP contribution is -2.43. The average Bonchev–Trinajstić information content (AvgIpc) is 0.763. The number of alkyl halides is 2. The zero-order chi connectivity index (χ0) is 98.4. The van der Waals surface area contributed by atoms with Gasteiger partial charge in [0.25, 0.3) is 0 Å². The van der Waals surface area contributed by atoms with Crippen molar-refractivity contribution in [3.05, 3.63) is 35.6 Å². The molecule has 756 valence electrons.